The summed E-state index contributed by atoms with van der Waals surface area (Å²) in [5.74, 6) is 0.615. The molecule has 1 amide bonds. The van der Waals surface area contributed by atoms with Gasteiger partial charge in [-0.2, -0.15) is 0 Å². The normalized spacial score (nSPS) is 17.0. The lowest BCUT2D eigenvalue weighted by Gasteiger charge is -2.08. The molecule has 1 N–H and O–H groups in total. The van der Waals surface area contributed by atoms with Crippen molar-refractivity contribution in [2.24, 2.45) is 5.92 Å². The summed E-state index contributed by atoms with van der Waals surface area (Å²) in [7, 11) is 0. The maximum absolute atomic E-state index is 11.9. The van der Waals surface area contributed by atoms with Gasteiger partial charge in [0.15, 0.2) is 0 Å². The number of allylic oxidation sites excluding steroid dienone is 2. The minimum atomic E-state index is 0.170. The lowest BCUT2D eigenvalue weighted by Crippen LogP contribution is -2.26. The van der Waals surface area contributed by atoms with Crippen molar-refractivity contribution in [3.63, 3.8) is 0 Å². The van der Waals surface area contributed by atoms with E-state index in [1.807, 2.05) is 6.92 Å². The van der Waals surface area contributed by atoms with Crippen LogP contribution < -0.4 is 5.32 Å². The Morgan fingerprint density at radius 1 is 1.45 bits per heavy atom. The van der Waals surface area contributed by atoms with E-state index < -0.39 is 0 Å². The molecule has 0 spiro atoms. The summed E-state index contributed by atoms with van der Waals surface area (Å²) < 4.78 is 0. The van der Waals surface area contributed by atoms with Crippen molar-refractivity contribution in [1.29, 1.82) is 0 Å². The Labute approximate surface area is 139 Å². The number of nitrogens with one attached hydrogen (secondary N) is 1. The Hall–Kier alpha value is -1.46. The second kappa shape index (κ2) is 7.20. The first-order chi connectivity index (χ1) is 10.7. The smallest absolute Gasteiger partial charge is 0.220 e. The first-order valence-electron chi connectivity index (χ1n) is 7.65. The molecule has 0 aromatic carbocycles. The molecule has 5 heteroatoms. The van der Waals surface area contributed by atoms with E-state index >= 15 is 0 Å². The molecule has 0 aliphatic heterocycles. The van der Waals surface area contributed by atoms with Crippen LogP contribution >= 0.6 is 22.7 Å². The van der Waals surface area contributed by atoms with Crippen molar-refractivity contribution in [3.8, 4) is 10.6 Å². The molecule has 0 fully saturated rings. The van der Waals surface area contributed by atoms with Gasteiger partial charge in [0.1, 0.15) is 0 Å². The fourth-order valence-electron chi connectivity index (χ4n) is 2.63. The second-order valence-corrected chi connectivity index (χ2v) is 7.82. The number of amides is 1. The molecule has 2 aromatic heterocycles. The van der Waals surface area contributed by atoms with E-state index in [1.54, 1.807) is 22.7 Å². The topological polar surface area (TPSA) is 42.0 Å². The third-order valence-electron chi connectivity index (χ3n) is 3.79. The van der Waals surface area contributed by atoms with Gasteiger partial charge < -0.3 is 5.32 Å². The molecule has 2 heterocycles. The minimum absolute atomic E-state index is 0.170. The zero-order valence-electron chi connectivity index (χ0n) is 12.7. The molecule has 1 aliphatic carbocycles. The van der Waals surface area contributed by atoms with Crippen molar-refractivity contribution >= 4 is 28.6 Å². The third kappa shape index (κ3) is 4.05. The molecule has 0 saturated carbocycles. The third-order valence-corrected chi connectivity index (χ3v) is 5.73. The summed E-state index contributed by atoms with van der Waals surface area (Å²) in [6.07, 6.45) is 8.09. The average Bonchev–Trinajstić information content (AvgIpc) is 3.20. The monoisotopic (exact) mass is 332 g/mol. The summed E-state index contributed by atoms with van der Waals surface area (Å²) in [4.78, 5) is 18.9. The number of thiazole rings is 1. The number of carbonyl (C=O) groups is 1. The molecule has 0 saturated heterocycles. The molecular formula is C17H20N2OS2. The highest BCUT2D eigenvalue weighted by molar-refractivity contribution is 7.16. The molecule has 1 aliphatic rings. The van der Waals surface area contributed by atoms with Gasteiger partial charge in [0.25, 0.3) is 0 Å². The number of nitrogens with zero attached hydrogens (tertiary/aromatic N) is 1. The van der Waals surface area contributed by atoms with Gasteiger partial charge in [-0.3, -0.25) is 4.79 Å². The van der Waals surface area contributed by atoms with E-state index in [1.165, 1.54) is 9.75 Å². The Bertz CT molecular complexity index is 672. The van der Waals surface area contributed by atoms with Crippen molar-refractivity contribution in [3.05, 3.63) is 39.5 Å². The van der Waals surface area contributed by atoms with Crippen LogP contribution in [0.5, 0.6) is 0 Å². The molecule has 116 valence electrons. The first-order valence-corrected chi connectivity index (χ1v) is 9.35. The van der Waals surface area contributed by atoms with E-state index in [-0.39, 0.29) is 5.91 Å². The molecule has 3 rings (SSSR count). The molecule has 1 unspecified atom stereocenters. The van der Waals surface area contributed by atoms with Crippen molar-refractivity contribution in [1.82, 2.24) is 10.3 Å². The Morgan fingerprint density at radius 2 is 2.36 bits per heavy atom. The Morgan fingerprint density at radius 3 is 3.09 bits per heavy atom. The summed E-state index contributed by atoms with van der Waals surface area (Å²) >= 11 is 3.44. The van der Waals surface area contributed by atoms with Gasteiger partial charge in [0, 0.05) is 23.2 Å². The van der Waals surface area contributed by atoms with Crippen LogP contribution in [0.15, 0.2) is 29.7 Å². The predicted octanol–water partition coefficient (Wildman–Crippen LogP) is 4.20. The van der Waals surface area contributed by atoms with Crippen molar-refractivity contribution in [2.45, 2.75) is 32.6 Å². The number of hydrogen-bond acceptors (Lipinski definition) is 4. The fourth-order valence-corrected chi connectivity index (χ4v) is 4.28. The van der Waals surface area contributed by atoms with Crippen LogP contribution in [0.2, 0.25) is 0 Å². The Kier molecular flexibility index (Phi) is 5.05. The van der Waals surface area contributed by atoms with E-state index in [4.69, 9.17) is 0 Å². The fraction of sp³-hybridized carbons (Fsp3) is 0.412. The quantitative estimate of drug-likeness (QED) is 0.806. The van der Waals surface area contributed by atoms with Crippen LogP contribution in [0.1, 0.15) is 29.1 Å². The minimum Gasteiger partial charge on any atom is -0.356 e. The van der Waals surface area contributed by atoms with Gasteiger partial charge in [0.2, 0.25) is 5.91 Å². The van der Waals surface area contributed by atoms with Crippen LogP contribution in [0.3, 0.4) is 0 Å². The summed E-state index contributed by atoms with van der Waals surface area (Å²) in [6, 6.07) is 4.26. The maximum atomic E-state index is 11.9. The molecule has 2 aromatic rings. The van der Waals surface area contributed by atoms with Gasteiger partial charge in [-0.05, 0) is 44.2 Å². The predicted molar refractivity (Wildman–Crippen MR) is 93.4 cm³/mol. The van der Waals surface area contributed by atoms with Gasteiger partial charge in [-0.15, -0.1) is 22.7 Å². The van der Waals surface area contributed by atoms with E-state index in [0.717, 1.165) is 30.0 Å². The van der Waals surface area contributed by atoms with E-state index in [0.29, 0.717) is 18.9 Å². The number of hydrogen-bond donors (Lipinski definition) is 1. The van der Waals surface area contributed by atoms with Crippen LogP contribution in [0.25, 0.3) is 10.6 Å². The number of thiophene rings is 1. The molecular weight excluding hydrogens is 312 g/mol. The van der Waals surface area contributed by atoms with Crippen molar-refractivity contribution < 1.29 is 4.79 Å². The highest BCUT2D eigenvalue weighted by atomic mass is 32.1. The largest absolute Gasteiger partial charge is 0.356 e. The van der Waals surface area contributed by atoms with Gasteiger partial charge in [-0.25, -0.2) is 4.98 Å². The number of rotatable bonds is 6. The summed E-state index contributed by atoms with van der Waals surface area (Å²) in [6.45, 7) is 2.74. The molecule has 0 radical (unpaired) electrons. The second-order valence-electron chi connectivity index (χ2n) is 5.59. The van der Waals surface area contributed by atoms with E-state index in [2.05, 4.69) is 40.0 Å². The average molecular weight is 332 g/mol. The summed E-state index contributed by atoms with van der Waals surface area (Å²) in [5, 5.41) is 6.23. The number of carbonyl (C=O) groups excluding carboxylic acids is 1. The van der Waals surface area contributed by atoms with Gasteiger partial charge in [0.05, 0.1) is 15.6 Å². The van der Waals surface area contributed by atoms with Crippen LogP contribution in [0, 0.1) is 12.8 Å². The molecule has 3 nitrogen and oxygen atoms in total. The van der Waals surface area contributed by atoms with Crippen LogP contribution in [0.4, 0.5) is 0 Å². The van der Waals surface area contributed by atoms with Crippen LogP contribution in [-0.4, -0.2) is 17.4 Å². The zero-order chi connectivity index (χ0) is 15.4. The maximum Gasteiger partial charge on any atom is 0.220 e. The molecule has 0 bridgehead atoms. The number of aromatic nitrogens is 1. The van der Waals surface area contributed by atoms with Crippen molar-refractivity contribution in [2.75, 3.05) is 6.54 Å². The summed E-state index contributed by atoms with van der Waals surface area (Å²) in [5.41, 5.74) is 1.07. The first kappa shape index (κ1) is 15.4. The highest BCUT2D eigenvalue weighted by Gasteiger charge is 2.13. The zero-order valence-corrected chi connectivity index (χ0v) is 14.3. The lowest BCUT2D eigenvalue weighted by molar-refractivity contribution is -0.121. The Balaban J connectivity index is 1.45. The number of aryl methyl sites for hydroxylation is 1. The van der Waals surface area contributed by atoms with Gasteiger partial charge in [-0.1, -0.05) is 12.2 Å². The SMILES string of the molecule is Cc1nc(-c2ccc(CCNC(=O)CC3C=CCC3)s2)cs1. The van der Waals surface area contributed by atoms with Gasteiger partial charge >= 0.3 is 0 Å². The van der Waals surface area contributed by atoms with E-state index in [9.17, 15) is 4.79 Å². The highest BCUT2D eigenvalue weighted by Crippen LogP contribution is 2.29. The molecule has 1 atom stereocenters. The lowest BCUT2D eigenvalue weighted by atomic mass is 10.1. The van der Waals surface area contributed by atoms with Crippen LogP contribution in [-0.2, 0) is 11.2 Å². The molecule has 22 heavy (non-hydrogen) atoms. The standard InChI is InChI=1S/C17H20N2OS2/c1-12-19-15(11-21-12)16-7-6-14(22-16)8-9-18-17(20)10-13-4-2-3-5-13/h2,4,6-7,11,13H,3,5,8-10H2,1H3,(H,18,20).